The highest BCUT2D eigenvalue weighted by molar-refractivity contribution is 7.08. The van der Waals surface area contributed by atoms with Crippen molar-refractivity contribution >= 4 is 11.3 Å². The van der Waals surface area contributed by atoms with Gasteiger partial charge in [0.2, 0.25) is 0 Å². The van der Waals surface area contributed by atoms with Crippen molar-refractivity contribution < 1.29 is 0 Å². The average molecular weight is 181 g/mol. The van der Waals surface area contributed by atoms with E-state index < -0.39 is 0 Å². The third-order valence-corrected chi connectivity index (χ3v) is 3.37. The Hall–Kier alpha value is -0.340. The molecule has 0 unspecified atom stereocenters. The van der Waals surface area contributed by atoms with E-state index in [0.717, 1.165) is 12.8 Å². The Bertz CT molecular complexity index is 266. The normalized spacial score (nSPS) is 24.9. The summed E-state index contributed by atoms with van der Waals surface area (Å²) in [6.07, 6.45) is 2.24. The summed E-state index contributed by atoms with van der Waals surface area (Å²) in [5, 5.41) is 4.28. The second-order valence-corrected chi connectivity index (χ2v) is 5.47. The molecule has 0 atom stereocenters. The van der Waals surface area contributed by atoms with Crippen molar-refractivity contribution in [2.24, 2.45) is 11.1 Å². The molecule has 0 radical (unpaired) electrons. The second kappa shape index (κ2) is 2.33. The molecule has 2 N–H and O–H groups in total. The summed E-state index contributed by atoms with van der Waals surface area (Å²) < 4.78 is 0. The molecule has 12 heavy (non-hydrogen) atoms. The van der Waals surface area contributed by atoms with Crippen molar-refractivity contribution in [1.29, 1.82) is 0 Å². The lowest BCUT2D eigenvalue weighted by molar-refractivity contribution is 0.0622. The zero-order valence-corrected chi connectivity index (χ0v) is 8.45. The van der Waals surface area contributed by atoms with Gasteiger partial charge in [0.15, 0.2) is 0 Å². The zero-order valence-electron chi connectivity index (χ0n) is 7.63. The minimum absolute atomic E-state index is 0.0104. The molecule has 1 saturated carbocycles. The van der Waals surface area contributed by atoms with Crippen LogP contribution in [-0.4, -0.2) is 0 Å². The van der Waals surface area contributed by atoms with Crippen LogP contribution in [-0.2, 0) is 5.54 Å². The number of thiophene rings is 1. The standard InChI is InChI=1S/C10H15NS/c1-9(2)6-10(11,7-9)8-3-4-12-5-8/h3-5H,6-7,11H2,1-2H3. The van der Waals surface area contributed by atoms with Crippen molar-refractivity contribution in [3.63, 3.8) is 0 Å². The van der Waals surface area contributed by atoms with Crippen molar-refractivity contribution in [2.45, 2.75) is 32.2 Å². The Balaban J connectivity index is 2.18. The van der Waals surface area contributed by atoms with Crippen LogP contribution in [0.2, 0.25) is 0 Å². The monoisotopic (exact) mass is 181 g/mol. The molecule has 0 aromatic carbocycles. The Labute approximate surface area is 77.6 Å². The summed E-state index contributed by atoms with van der Waals surface area (Å²) in [6, 6.07) is 2.15. The lowest BCUT2D eigenvalue weighted by Gasteiger charge is -2.51. The van der Waals surface area contributed by atoms with Gasteiger partial charge in [-0.1, -0.05) is 13.8 Å². The van der Waals surface area contributed by atoms with E-state index in [2.05, 4.69) is 30.7 Å². The van der Waals surface area contributed by atoms with Gasteiger partial charge in [-0.2, -0.15) is 11.3 Å². The quantitative estimate of drug-likeness (QED) is 0.708. The first kappa shape index (κ1) is 8.27. The van der Waals surface area contributed by atoms with E-state index in [0.29, 0.717) is 5.41 Å². The molecule has 0 aliphatic heterocycles. The minimum Gasteiger partial charge on any atom is -0.321 e. The van der Waals surface area contributed by atoms with Crippen LogP contribution in [0.5, 0.6) is 0 Å². The van der Waals surface area contributed by atoms with Crippen LogP contribution in [0.25, 0.3) is 0 Å². The van der Waals surface area contributed by atoms with Gasteiger partial charge in [-0.3, -0.25) is 0 Å². The molecule has 2 heteroatoms. The molecule has 1 aromatic heterocycles. The van der Waals surface area contributed by atoms with Gasteiger partial charge in [0.1, 0.15) is 0 Å². The third-order valence-electron chi connectivity index (χ3n) is 2.68. The van der Waals surface area contributed by atoms with Crippen molar-refractivity contribution in [1.82, 2.24) is 0 Å². The van der Waals surface area contributed by atoms with E-state index >= 15 is 0 Å². The summed E-state index contributed by atoms with van der Waals surface area (Å²) in [7, 11) is 0. The lowest BCUT2D eigenvalue weighted by Crippen LogP contribution is -2.52. The Kier molecular flexibility index (Phi) is 1.61. The molecule has 2 rings (SSSR count). The predicted octanol–water partition coefficient (Wildman–Crippen LogP) is 2.72. The molecule has 66 valence electrons. The van der Waals surface area contributed by atoms with Gasteiger partial charge in [-0.05, 0) is 40.6 Å². The van der Waals surface area contributed by atoms with Gasteiger partial charge >= 0.3 is 0 Å². The Morgan fingerprint density at radius 3 is 2.50 bits per heavy atom. The third kappa shape index (κ3) is 1.19. The van der Waals surface area contributed by atoms with Crippen LogP contribution in [0.4, 0.5) is 0 Å². The number of nitrogens with two attached hydrogens (primary N) is 1. The number of rotatable bonds is 1. The summed E-state index contributed by atoms with van der Waals surface area (Å²) in [5.74, 6) is 0. The molecular weight excluding hydrogens is 166 g/mol. The second-order valence-electron chi connectivity index (χ2n) is 4.69. The van der Waals surface area contributed by atoms with E-state index in [1.165, 1.54) is 5.56 Å². The summed E-state index contributed by atoms with van der Waals surface area (Å²) in [6.45, 7) is 4.56. The topological polar surface area (TPSA) is 26.0 Å². The molecule has 1 nitrogen and oxygen atoms in total. The molecule has 1 fully saturated rings. The Morgan fingerprint density at radius 1 is 1.42 bits per heavy atom. The molecule has 0 saturated heterocycles. The van der Waals surface area contributed by atoms with Crippen LogP contribution in [0.3, 0.4) is 0 Å². The first-order chi connectivity index (χ1) is 5.52. The van der Waals surface area contributed by atoms with E-state index in [1.807, 2.05) is 0 Å². The highest BCUT2D eigenvalue weighted by Gasteiger charge is 2.47. The molecule has 0 amide bonds. The lowest BCUT2D eigenvalue weighted by atomic mass is 9.58. The summed E-state index contributed by atoms with van der Waals surface area (Å²) in [4.78, 5) is 0. The first-order valence-corrected chi connectivity index (χ1v) is 5.28. The van der Waals surface area contributed by atoms with Gasteiger partial charge in [0, 0.05) is 5.54 Å². The largest absolute Gasteiger partial charge is 0.321 e. The maximum Gasteiger partial charge on any atom is 0.0428 e. The SMILES string of the molecule is CC1(C)CC(N)(c2ccsc2)C1. The molecule has 0 spiro atoms. The first-order valence-electron chi connectivity index (χ1n) is 4.33. The van der Waals surface area contributed by atoms with Crippen LogP contribution in [0.1, 0.15) is 32.3 Å². The van der Waals surface area contributed by atoms with Gasteiger partial charge < -0.3 is 5.73 Å². The van der Waals surface area contributed by atoms with Gasteiger partial charge in [-0.15, -0.1) is 0 Å². The molecule has 1 aromatic rings. The molecular formula is C10H15NS. The summed E-state index contributed by atoms with van der Waals surface area (Å²) >= 11 is 1.74. The number of hydrogen-bond donors (Lipinski definition) is 1. The van der Waals surface area contributed by atoms with Crippen LogP contribution in [0.15, 0.2) is 16.8 Å². The van der Waals surface area contributed by atoms with Crippen LogP contribution in [0, 0.1) is 5.41 Å². The fraction of sp³-hybridized carbons (Fsp3) is 0.600. The molecule has 1 heterocycles. The van der Waals surface area contributed by atoms with Crippen molar-refractivity contribution in [2.75, 3.05) is 0 Å². The van der Waals surface area contributed by atoms with Gasteiger partial charge in [0.25, 0.3) is 0 Å². The van der Waals surface area contributed by atoms with E-state index in [4.69, 9.17) is 5.73 Å². The maximum absolute atomic E-state index is 6.25. The number of hydrogen-bond acceptors (Lipinski definition) is 2. The van der Waals surface area contributed by atoms with Crippen molar-refractivity contribution in [3.8, 4) is 0 Å². The van der Waals surface area contributed by atoms with Gasteiger partial charge in [-0.25, -0.2) is 0 Å². The Morgan fingerprint density at radius 2 is 2.08 bits per heavy atom. The van der Waals surface area contributed by atoms with E-state index in [1.54, 1.807) is 11.3 Å². The molecule has 1 aliphatic rings. The van der Waals surface area contributed by atoms with Crippen molar-refractivity contribution in [3.05, 3.63) is 22.4 Å². The zero-order chi connectivity index (χ0) is 8.82. The maximum atomic E-state index is 6.25. The highest BCUT2D eigenvalue weighted by Crippen LogP contribution is 2.52. The van der Waals surface area contributed by atoms with Gasteiger partial charge in [0.05, 0.1) is 0 Å². The van der Waals surface area contributed by atoms with Crippen LogP contribution < -0.4 is 5.73 Å². The molecule has 0 bridgehead atoms. The predicted molar refractivity (Wildman–Crippen MR) is 53.2 cm³/mol. The fourth-order valence-electron chi connectivity index (χ4n) is 2.41. The van der Waals surface area contributed by atoms with E-state index in [-0.39, 0.29) is 5.54 Å². The smallest absolute Gasteiger partial charge is 0.0428 e. The fourth-order valence-corrected chi connectivity index (χ4v) is 3.17. The minimum atomic E-state index is -0.0104. The highest BCUT2D eigenvalue weighted by atomic mass is 32.1. The summed E-state index contributed by atoms with van der Waals surface area (Å²) in [5.41, 5.74) is 8.02. The molecule has 1 aliphatic carbocycles. The van der Waals surface area contributed by atoms with E-state index in [9.17, 15) is 0 Å². The van der Waals surface area contributed by atoms with Crippen LogP contribution >= 0.6 is 11.3 Å². The average Bonchev–Trinajstić information content (AvgIpc) is 2.31.